The Labute approximate surface area is 155 Å². The molecule has 0 spiro atoms. The van der Waals surface area contributed by atoms with Gasteiger partial charge in [-0.2, -0.15) is 9.36 Å². The number of tetrazole rings is 2. The van der Waals surface area contributed by atoms with E-state index in [1.165, 1.54) is 0 Å². The van der Waals surface area contributed by atoms with Crippen molar-refractivity contribution in [3.63, 3.8) is 0 Å². The van der Waals surface area contributed by atoms with Gasteiger partial charge in [-0.25, -0.2) is 0 Å². The van der Waals surface area contributed by atoms with Gasteiger partial charge in [0, 0.05) is 0 Å². The molecule has 0 unspecified atom stereocenters. The molecule has 0 saturated heterocycles. The van der Waals surface area contributed by atoms with Crippen LogP contribution in [-0.4, -0.2) is 42.3 Å². The van der Waals surface area contributed by atoms with Gasteiger partial charge in [0.05, 0.1) is 6.10 Å². The molecule has 0 radical (unpaired) electrons. The molecule has 0 saturated carbocycles. The average Bonchev–Trinajstić information content (AvgIpc) is 3.29. The predicted molar refractivity (Wildman–Crippen MR) is 94.7 cm³/mol. The third-order valence-electron chi connectivity index (χ3n) is 5.21. The third kappa shape index (κ3) is 6.12. The Morgan fingerprint density at radius 1 is 0.808 bits per heavy atom. The highest BCUT2D eigenvalue weighted by atomic mass is 16.3. The van der Waals surface area contributed by atoms with E-state index in [2.05, 4.69) is 58.7 Å². The van der Waals surface area contributed by atoms with Crippen molar-refractivity contribution < 1.29 is 14.5 Å². The molecule has 9 heteroatoms. The molecule has 0 aliphatic heterocycles. The monoisotopic (exact) mass is 366 g/mol. The second-order valence-corrected chi connectivity index (χ2v) is 8.37. The largest absolute Gasteiger partial charge is 0.393 e. The van der Waals surface area contributed by atoms with Gasteiger partial charge < -0.3 is 5.11 Å². The van der Waals surface area contributed by atoms with Crippen molar-refractivity contribution in [3.8, 4) is 0 Å². The zero-order valence-corrected chi connectivity index (χ0v) is 16.5. The van der Waals surface area contributed by atoms with Crippen molar-refractivity contribution in [1.82, 2.24) is 31.1 Å². The van der Waals surface area contributed by atoms with E-state index in [0.29, 0.717) is 0 Å². The van der Waals surface area contributed by atoms with Crippen LogP contribution >= 0.6 is 0 Å². The Bertz CT molecular complexity index is 555. The highest BCUT2D eigenvalue weighted by molar-refractivity contribution is 4.64. The number of nitrogens with zero attached hydrogens (tertiary/aromatic N) is 6. The van der Waals surface area contributed by atoms with Crippen molar-refractivity contribution in [2.24, 2.45) is 0 Å². The quantitative estimate of drug-likeness (QED) is 0.385. The molecule has 2 heterocycles. The van der Waals surface area contributed by atoms with E-state index in [0.717, 1.165) is 51.4 Å². The van der Waals surface area contributed by atoms with Crippen LogP contribution in [0, 0.1) is 0 Å². The van der Waals surface area contributed by atoms with Gasteiger partial charge in [-0.3, -0.25) is 0 Å². The molecule has 2 rings (SSSR count). The molecule has 0 aliphatic carbocycles. The highest BCUT2D eigenvalue weighted by Crippen LogP contribution is 2.19. The minimum atomic E-state index is -0.204. The Balaban J connectivity index is 1.56. The first kappa shape index (κ1) is 20.4. The summed E-state index contributed by atoms with van der Waals surface area (Å²) in [5.74, 6) is 0. The fraction of sp³-hybridized carbons (Fsp3) is 0.882. The summed E-state index contributed by atoms with van der Waals surface area (Å²) in [5, 5.41) is 31.1. The summed E-state index contributed by atoms with van der Waals surface area (Å²) >= 11 is 0. The Morgan fingerprint density at radius 2 is 1.23 bits per heavy atom. The Hall–Kier alpha value is -1.90. The molecule has 2 aromatic heterocycles. The number of aliphatic hydroxyl groups excluding tert-OH is 1. The molecule has 0 bridgehead atoms. The predicted octanol–water partition coefficient (Wildman–Crippen LogP) is 1.15. The zero-order chi connectivity index (χ0) is 19.0. The van der Waals surface area contributed by atoms with Crippen LogP contribution in [0.2, 0.25) is 0 Å². The van der Waals surface area contributed by atoms with Crippen LogP contribution in [0.25, 0.3) is 0 Å². The lowest BCUT2D eigenvalue weighted by atomic mass is 9.94. The Kier molecular flexibility index (Phi) is 7.19. The fourth-order valence-corrected chi connectivity index (χ4v) is 3.20. The Morgan fingerprint density at radius 3 is 1.58 bits per heavy atom. The molecular weight excluding hydrogens is 332 g/mol. The number of rotatable bonds is 12. The lowest BCUT2D eigenvalue weighted by Crippen LogP contribution is -2.53. The van der Waals surface area contributed by atoms with Crippen molar-refractivity contribution in [2.75, 3.05) is 0 Å². The topological polar surface area (TPSA) is 111 Å². The number of unbranched alkanes of at least 4 members (excludes halogenated alkanes) is 2. The van der Waals surface area contributed by atoms with E-state index in [9.17, 15) is 5.11 Å². The van der Waals surface area contributed by atoms with Gasteiger partial charge in [-0.1, -0.05) is 23.3 Å². The van der Waals surface area contributed by atoms with Crippen molar-refractivity contribution in [1.29, 1.82) is 0 Å². The molecule has 0 fully saturated rings. The third-order valence-corrected chi connectivity index (χ3v) is 5.21. The van der Waals surface area contributed by atoms with Gasteiger partial charge in [0.2, 0.25) is 0 Å². The molecule has 146 valence electrons. The van der Waals surface area contributed by atoms with Crippen LogP contribution in [0.4, 0.5) is 0 Å². The molecule has 26 heavy (non-hydrogen) atoms. The van der Waals surface area contributed by atoms with Gasteiger partial charge in [0.1, 0.15) is 21.3 Å². The summed E-state index contributed by atoms with van der Waals surface area (Å²) in [5.41, 5.74) is -0.0571. The minimum Gasteiger partial charge on any atom is -0.393 e. The van der Waals surface area contributed by atoms with Gasteiger partial charge >= 0.3 is 0 Å². The normalized spacial score (nSPS) is 12.8. The van der Waals surface area contributed by atoms with E-state index in [4.69, 9.17) is 0 Å². The van der Waals surface area contributed by atoms with Gasteiger partial charge in [0.15, 0.2) is 10.4 Å². The maximum absolute atomic E-state index is 10.2. The van der Waals surface area contributed by atoms with E-state index in [1.54, 1.807) is 12.7 Å². The summed E-state index contributed by atoms with van der Waals surface area (Å²) in [6, 6.07) is 0. The number of aromatic nitrogens is 8. The lowest BCUT2D eigenvalue weighted by molar-refractivity contribution is -0.810. The minimum absolute atomic E-state index is 0.0285. The highest BCUT2D eigenvalue weighted by Gasteiger charge is 2.26. The zero-order valence-electron chi connectivity index (χ0n) is 16.5. The van der Waals surface area contributed by atoms with Gasteiger partial charge in [-0.05, 0) is 66.2 Å². The van der Waals surface area contributed by atoms with Crippen molar-refractivity contribution >= 4 is 0 Å². The summed E-state index contributed by atoms with van der Waals surface area (Å²) in [6.07, 6.45) is 11.2. The van der Waals surface area contributed by atoms with Crippen LogP contribution in [0.3, 0.4) is 0 Å². The first-order valence-corrected chi connectivity index (χ1v) is 9.56. The summed E-state index contributed by atoms with van der Waals surface area (Å²) < 4.78 is 3.86. The van der Waals surface area contributed by atoms with Crippen LogP contribution in [0.5, 0.6) is 0 Å². The van der Waals surface area contributed by atoms with E-state index < -0.39 is 0 Å². The molecular formula is C17H34N8O+2. The molecule has 3 N–H and O–H groups in total. The summed E-state index contributed by atoms with van der Waals surface area (Å²) in [4.78, 5) is 0. The van der Waals surface area contributed by atoms with Crippen LogP contribution in [0.1, 0.15) is 79.1 Å². The van der Waals surface area contributed by atoms with Crippen LogP contribution in [-0.2, 0) is 11.1 Å². The number of aromatic amines is 2. The summed E-state index contributed by atoms with van der Waals surface area (Å²) in [7, 11) is 0. The molecule has 0 aliphatic rings. The number of H-pyrrole nitrogens is 2. The van der Waals surface area contributed by atoms with Crippen LogP contribution < -0.4 is 9.36 Å². The number of nitrogens with one attached hydrogen (secondary N) is 2. The number of aliphatic hydroxyl groups is 1. The van der Waals surface area contributed by atoms with E-state index in [-0.39, 0.29) is 17.2 Å². The van der Waals surface area contributed by atoms with Crippen molar-refractivity contribution in [2.45, 2.75) is 96.2 Å². The second kappa shape index (κ2) is 9.16. The fourth-order valence-electron chi connectivity index (χ4n) is 3.20. The second-order valence-electron chi connectivity index (χ2n) is 8.37. The van der Waals surface area contributed by atoms with E-state index >= 15 is 0 Å². The lowest BCUT2D eigenvalue weighted by Gasteiger charge is -2.21. The number of hydrogen-bond donors (Lipinski definition) is 3. The molecule has 0 amide bonds. The maximum Gasteiger partial charge on any atom is 0.288 e. The van der Waals surface area contributed by atoms with Crippen molar-refractivity contribution in [3.05, 3.63) is 12.7 Å². The standard InChI is InChI=1S/C17H32N8O/c1-16(2,24-13-18-20-22-24)11-7-5-9-15(26)10-6-8-12-17(3,4)25-14-19-21-23-25/h13-15,26H,5-12H2,1-4H3/p+2. The number of hydrogen-bond acceptors (Lipinski definition) is 5. The molecule has 2 aromatic rings. The molecule has 0 aromatic carbocycles. The smallest absolute Gasteiger partial charge is 0.288 e. The first-order chi connectivity index (χ1) is 12.3. The summed E-state index contributed by atoms with van der Waals surface area (Å²) in [6.45, 7) is 8.66. The SMILES string of the molecule is CC(C)(CCCCC(O)CCCCC(C)(C)[n+]1cnn[nH]1)[n+]1cnn[nH]1. The molecule has 0 atom stereocenters. The van der Waals surface area contributed by atoms with Crippen LogP contribution in [0.15, 0.2) is 12.7 Å². The molecule has 9 nitrogen and oxygen atoms in total. The van der Waals surface area contributed by atoms with E-state index in [1.807, 2.05) is 9.36 Å². The average molecular weight is 367 g/mol. The first-order valence-electron chi connectivity index (χ1n) is 9.56. The van der Waals surface area contributed by atoms with Gasteiger partial charge in [0.25, 0.3) is 12.7 Å². The van der Waals surface area contributed by atoms with Gasteiger partial charge in [-0.15, -0.1) is 0 Å². The maximum atomic E-state index is 10.2.